The van der Waals surface area contributed by atoms with Crippen LogP contribution in [0.15, 0.2) is 0 Å². The molecular weight excluding hydrogens is 250 g/mol. The molecule has 0 radical (unpaired) electrons. The Labute approximate surface area is 124 Å². The summed E-state index contributed by atoms with van der Waals surface area (Å²) >= 11 is 0. The largest absolute Gasteiger partial charge is 0.368 e. The van der Waals surface area contributed by atoms with Crippen molar-refractivity contribution >= 4 is 5.91 Å². The van der Waals surface area contributed by atoms with Gasteiger partial charge in [0, 0.05) is 6.04 Å². The van der Waals surface area contributed by atoms with Gasteiger partial charge in [0.15, 0.2) is 0 Å². The molecule has 0 aliphatic heterocycles. The Morgan fingerprint density at radius 1 is 1.35 bits per heavy atom. The van der Waals surface area contributed by atoms with E-state index in [1.165, 1.54) is 25.7 Å². The number of carbonyl (C=O) groups is 1. The maximum Gasteiger partial charge on any atom is 0.237 e. The summed E-state index contributed by atoms with van der Waals surface area (Å²) in [6.45, 7) is 6.02. The SMILES string of the molecule is CCCNC(C)(CCCCN(C)C1CCCC1)C(N)=O. The second-order valence-electron chi connectivity index (χ2n) is 6.50. The molecule has 4 heteroatoms. The van der Waals surface area contributed by atoms with E-state index in [2.05, 4.69) is 24.2 Å². The second-order valence-corrected chi connectivity index (χ2v) is 6.50. The molecule has 0 bridgehead atoms. The van der Waals surface area contributed by atoms with Crippen LogP contribution in [-0.2, 0) is 4.79 Å². The molecule has 1 rings (SSSR count). The third kappa shape index (κ3) is 5.41. The van der Waals surface area contributed by atoms with Gasteiger partial charge in [0.25, 0.3) is 0 Å². The fourth-order valence-electron chi connectivity index (χ4n) is 3.07. The maximum absolute atomic E-state index is 11.6. The van der Waals surface area contributed by atoms with E-state index in [0.717, 1.165) is 44.8 Å². The van der Waals surface area contributed by atoms with Gasteiger partial charge in [0.2, 0.25) is 5.91 Å². The van der Waals surface area contributed by atoms with Gasteiger partial charge in [0.05, 0.1) is 5.54 Å². The smallest absolute Gasteiger partial charge is 0.237 e. The average molecular weight is 283 g/mol. The molecule has 1 fully saturated rings. The molecule has 118 valence electrons. The van der Waals surface area contributed by atoms with Crippen LogP contribution in [0.5, 0.6) is 0 Å². The topological polar surface area (TPSA) is 58.4 Å². The number of carbonyl (C=O) groups excluding carboxylic acids is 1. The molecule has 0 aromatic rings. The molecule has 0 spiro atoms. The van der Waals surface area contributed by atoms with E-state index in [-0.39, 0.29) is 5.91 Å². The van der Waals surface area contributed by atoms with Gasteiger partial charge >= 0.3 is 0 Å². The lowest BCUT2D eigenvalue weighted by Crippen LogP contribution is -2.53. The molecule has 0 saturated heterocycles. The van der Waals surface area contributed by atoms with Crippen molar-refractivity contribution in [1.29, 1.82) is 0 Å². The number of nitrogens with one attached hydrogen (secondary N) is 1. The zero-order valence-electron chi connectivity index (χ0n) is 13.6. The molecule has 0 aromatic heterocycles. The number of amides is 1. The van der Waals surface area contributed by atoms with E-state index in [9.17, 15) is 4.79 Å². The highest BCUT2D eigenvalue weighted by molar-refractivity contribution is 5.84. The summed E-state index contributed by atoms with van der Waals surface area (Å²) in [5.41, 5.74) is 5.00. The first-order valence-corrected chi connectivity index (χ1v) is 8.25. The zero-order chi connectivity index (χ0) is 15.0. The van der Waals surface area contributed by atoms with Crippen molar-refractivity contribution in [1.82, 2.24) is 10.2 Å². The Hall–Kier alpha value is -0.610. The molecule has 1 saturated carbocycles. The maximum atomic E-state index is 11.6. The number of hydrogen-bond acceptors (Lipinski definition) is 3. The average Bonchev–Trinajstić information content (AvgIpc) is 2.95. The van der Waals surface area contributed by atoms with Crippen molar-refractivity contribution in [3.05, 3.63) is 0 Å². The number of hydrogen-bond donors (Lipinski definition) is 2. The van der Waals surface area contributed by atoms with E-state index in [0.29, 0.717) is 0 Å². The van der Waals surface area contributed by atoms with Gasteiger partial charge in [-0.25, -0.2) is 0 Å². The predicted octanol–water partition coefficient (Wildman–Crippen LogP) is 2.27. The highest BCUT2D eigenvalue weighted by Gasteiger charge is 2.29. The van der Waals surface area contributed by atoms with E-state index < -0.39 is 5.54 Å². The van der Waals surface area contributed by atoms with Gasteiger partial charge in [-0.3, -0.25) is 4.79 Å². The first-order chi connectivity index (χ1) is 9.49. The first-order valence-electron chi connectivity index (χ1n) is 8.25. The molecule has 1 amide bonds. The molecule has 1 atom stereocenters. The normalized spacial score (nSPS) is 19.4. The minimum Gasteiger partial charge on any atom is -0.368 e. The van der Waals surface area contributed by atoms with Gasteiger partial charge in [-0.15, -0.1) is 0 Å². The van der Waals surface area contributed by atoms with Gasteiger partial charge < -0.3 is 16.0 Å². The number of nitrogens with zero attached hydrogens (tertiary/aromatic N) is 1. The van der Waals surface area contributed by atoms with Crippen LogP contribution in [0.2, 0.25) is 0 Å². The zero-order valence-corrected chi connectivity index (χ0v) is 13.6. The molecule has 1 aliphatic carbocycles. The first kappa shape index (κ1) is 17.4. The number of primary amides is 1. The summed E-state index contributed by atoms with van der Waals surface area (Å²) < 4.78 is 0. The fourth-order valence-corrected chi connectivity index (χ4v) is 3.07. The molecule has 0 aromatic carbocycles. The molecule has 20 heavy (non-hydrogen) atoms. The van der Waals surface area contributed by atoms with Crippen molar-refractivity contribution in [3.8, 4) is 0 Å². The van der Waals surface area contributed by atoms with Crippen LogP contribution in [0, 0.1) is 0 Å². The minimum absolute atomic E-state index is 0.227. The monoisotopic (exact) mass is 283 g/mol. The standard InChI is InChI=1S/C16H33N3O/c1-4-12-18-16(2,15(17)20)11-7-8-13-19(3)14-9-5-6-10-14/h14,18H,4-13H2,1-3H3,(H2,17,20). The second kappa shape index (κ2) is 8.63. The molecule has 4 nitrogen and oxygen atoms in total. The van der Waals surface area contributed by atoms with Crippen molar-refractivity contribution in [2.75, 3.05) is 20.1 Å². The fraction of sp³-hybridized carbons (Fsp3) is 0.938. The van der Waals surface area contributed by atoms with Gasteiger partial charge in [-0.1, -0.05) is 19.8 Å². The Balaban J connectivity index is 2.24. The Morgan fingerprint density at radius 2 is 2.00 bits per heavy atom. The van der Waals surface area contributed by atoms with Crippen LogP contribution < -0.4 is 11.1 Å². The van der Waals surface area contributed by atoms with E-state index >= 15 is 0 Å². The number of rotatable bonds is 10. The third-order valence-electron chi connectivity index (χ3n) is 4.69. The summed E-state index contributed by atoms with van der Waals surface area (Å²) in [7, 11) is 2.23. The third-order valence-corrected chi connectivity index (χ3v) is 4.69. The lowest BCUT2D eigenvalue weighted by atomic mass is 9.93. The molecule has 0 heterocycles. The lowest BCUT2D eigenvalue weighted by molar-refractivity contribution is -0.124. The van der Waals surface area contributed by atoms with E-state index in [4.69, 9.17) is 5.73 Å². The summed E-state index contributed by atoms with van der Waals surface area (Å²) in [4.78, 5) is 14.1. The van der Waals surface area contributed by atoms with E-state index in [1.54, 1.807) is 0 Å². The van der Waals surface area contributed by atoms with Crippen LogP contribution in [0.25, 0.3) is 0 Å². The van der Waals surface area contributed by atoms with Crippen LogP contribution >= 0.6 is 0 Å². The number of unbranched alkanes of at least 4 members (excludes halogenated alkanes) is 1. The summed E-state index contributed by atoms with van der Waals surface area (Å²) in [6, 6.07) is 0.788. The van der Waals surface area contributed by atoms with E-state index in [1.807, 2.05) is 6.92 Å². The van der Waals surface area contributed by atoms with Gasteiger partial charge in [-0.2, -0.15) is 0 Å². The summed E-state index contributed by atoms with van der Waals surface area (Å²) in [5, 5.41) is 3.30. The summed E-state index contributed by atoms with van der Waals surface area (Å²) in [5.74, 6) is -0.227. The van der Waals surface area contributed by atoms with Crippen LogP contribution in [0.3, 0.4) is 0 Å². The highest BCUT2D eigenvalue weighted by Crippen LogP contribution is 2.23. The van der Waals surface area contributed by atoms with Crippen molar-refractivity contribution in [2.24, 2.45) is 5.73 Å². The molecular formula is C16H33N3O. The minimum atomic E-state index is -0.540. The molecule has 1 unspecified atom stereocenters. The Kier molecular flexibility index (Phi) is 7.52. The Bertz CT molecular complexity index is 289. The number of nitrogens with two attached hydrogens (primary N) is 1. The lowest BCUT2D eigenvalue weighted by Gasteiger charge is -2.28. The Morgan fingerprint density at radius 3 is 2.55 bits per heavy atom. The van der Waals surface area contributed by atoms with Gasteiger partial charge in [-0.05, 0) is 65.6 Å². The van der Waals surface area contributed by atoms with Crippen LogP contribution in [0.1, 0.15) is 65.2 Å². The molecule has 3 N–H and O–H groups in total. The molecule has 1 aliphatic rings. The van der Waals surface area contributed by atoms with Crippen LogP contribution in [-0.4, -0.2) is 42.5 Å². The van der Waals surface area contributed by atoms with Crippen molar-refractivity contribution < 1.29 is 4.79 Å². The van der Waals surface area contributed by atoms with Gasteiger partial charge in [0.1, 0.15) is 0 Å². The predicted molar refractivity (Wildman–Crippen MR) is 84.6 cm³/mol. The summed E-state index contributed by atoms with van der Waals surface area (Å²) in [6.07, 6.45) is 9.53. The van der Waals surface area contributed by atoms with Crippen molar-refractivity contribution in [2.45, 2.75) is 76.8 Å². The van der Waals surface area contributed by atoms with Crippen molar-refractivity contribution in [3.63, 3.8) is 0 Å². The quantitative estimate of drug-likeness (QED) is 0.605. The highest BCUT2D eigenvalue weighted by atomic mass is 16.1. The van der Waals surface area contributed by atoms with Crippen LogP contribution in [0.4, 0.5) is 0 Å².